The maximum Gasteiger partial charge on any atom is 0.217 e. The van der Waals surface area contributed by atoms with E-state index in [4.69, 9.17) is 43.1 Å². The van der Waals surface area contributed by atoms with Crippen molar-refractivity contribution in [1.82, 2.24) is 14.8 Å². The minimum absolute atomic E-state index is 0.108. The van der Waals surface area contributed by atoms with Crippen molar-refractivity contribution >= 4 is 29.0 Å². The molecule has 8 nitrogen and oxygen atoms in total. The lowest BCUT2D eigenvalue weighted by atomic mass is 10.1. The first kappa shape index (κ1) is 22.4. The summed E-state index contributed by atoms with van der Waals surface area (Å²) < 4.78 is 32.8. The molecule has 33 heavy (non-hydrogen) atoms. The summed E-state index contributed by atoms with van der Waals surface area (Å²) in [5.41, 5.74) is 7.75. The van der Waals surface area contributed by atoms with Crippen LogP contribution in [-0.4, -0.2) is 45.0 Å². The van der Waals surface area contributed by atoms with E-state index in [-0.39, 0.29) is 27.7 Å². The van der Waals surface area contributed by atoms with Crippen molar-refractivity contribution in [1.29, 1.82) is 0 Å². The van der Waals surface area contributed by atoms with E-state index in [0.29, 0.717) is 30.8 Å². The number of halogens is 3. The first-order valence-corrected chi connectivity index (χ1v) is 11.1. The first-order chi connectivity index (χ1) is 15.8. The highest BCUT2D eigenvalue weighted by Gasteiger charge is 2.56. The molecule has 0 radical (unpaired) electrons. The number of nitrogens with zero attached hydrogens (tertiary/aromatic N) is 3. The molecule has 11 heteroatoms. The highest BCUT2D eigenvalue weighted by Crippen LogP contribution is 2.42. The van der Waals surface area contributed by atoms with Crippen molar-refractivity contribution in [2.75, 3.05) is 18.9 Å². The minimum atomic E-state index is -1.39. The van der Waals surface area contributed by atoms with E-state index in [0.717, 1.165) is 5.56 Å². The Morgan fingerprint density at radius 3 is 2.97 bits per heavy atom. The van der Waals surface area contributed by atoms with Gasteiger partial charge in [-0.05, 0) is 25.1 Å². The van der Waals surface area contributed by atoms with Crippen molar-refractivity contribution < 1.29 is 23.7 Å². The van der Waals surface area contributed by atoms with Crippen LogP contribution in [0.25, 0.3) is 11.1 Å². The second-order valence-electron chi connectivity index (χ2n) is 8.06. The smallest absolute Gasteiger partial charge is 0.217 e. The van der Waals surface area contributed by atoms with E-state index < -0.39 is 23.8 Å². The number of nitrogen functional groups attached to an aromatic ring is 1. The number of fused-ring (bicyclic) bond motifs is 1. The van der Waals surface area contributed by atoms with Crippen LogP contribution < -0.4 is 10.5 Å². The Morgan fingerprint density at radius 1 is 1.33 bits per heavy atom. The third kappa shape index (κ3) is 3.83. The lowest BCUT2D eigenvalue weighted by Crippen LogP contribution is -2.42. The summed E-state index contributed by atoms with van der Waals surface area (Å²) in [6.45, 7) is 2.42. The number of nitrogens with two attached hydrogens (primary N) is 1. The molecule has 5 rings (SSSR count). The monoisotopic (exact) mass is 494 g/mol. The fourth-order valence-corrected chi connectivity index (χ4v) is 4.94. The van der Waals surface area contributed by atoms with Crippen LogP contribution in [0.3, 0.4) is 0 Å². The summed E-state index contributed by atoms with van der Waals surface area (Å²) in [5.74, 6) is -1.55. The molecule has 2 aliphatic rings. The van der Waals surface area contributed by atoms with Crippen LogP contribution in [0.5, 0.6) is 5.75 Å². The summed E-state index contributed by atoms with van der Waals surface area (Å²) in [5, 5.41) is 15.4. The number of ether oxygens (including phenoxy) is 3. The second kappa shape index (κ2) is 8.41. The summed E-state index contributed by atoms with van der Waals surface area (Å²) in [7, 11) is 0. The van der Waals surface area contributed by atoms with Crippen molar-refractivity contribution in [3.63, 3.8) is 0 Å². The molecule has 1 aromatic carbocycles. The van der Waals surface area contributed by atoms with E-state index in [1.54, 1.807) is 36.3 Å². The predicted octanol–water partition coefficient (Wildman–Crippen LogP) is 4.16. The summed E-state index contributed by atoms with van der Waals surface area (Å²) in [6, 6.07) is 3.85. The van der Waals surface area contributed by atoms with Gasteiger partial charge in [-0.15, -0.1) is 0 Å². The highest BCUT2D eigenvalue weighted by molar-refractivity contribution is 6.36. The number of rotatable bonds is 5. The lowest BCUT2D eigenvalue weighted by molar-refractivity contribution is -0.204. The largest absolute Gasteiger partial charge is 0.482 e. The third-order valence-corrected chi connectivity index (χ3v) is 6.75. The van der Waals surface area contributed by atoms with E-state index in [2.05, 4.69) is 10.1 Å². The molecule has 3 unspecified atom stereocenters. The lowest BCUT2D eigenvalue weighted by Gasteiger charge is -2.26. The molecule has 2 saturated heterocycles. The van der Waals surface area contributed by atoms with E-state index in [1.165, 1.54) is 12.1 Å². The Balaban J connectivity index is 1.41. The van der Waals surface area contributed by atoms with Crippen LogP contribution >= 0.6 is 23.2 Å². The SMILES string of the molecule is CC(Oc1cc(-c2cnn(C3COC4CCO[C@@]43O)c2)cnc1N)c1c(Cl)ccc(F)c1Cl. The Morgan fingerprint density at radius 2 is 2.15 bits per heavy atom. The van der Waals surface area contributed by atoms with Crippen LogP contribution in [0.4, 0.5) is 10.2 Å². The molecule has 2 aromatic heterocycles. The van der Waals surface area contributed by atoms with Crippen LogP contribution in [0.15, 0.2) is 36.8 Å². The summed E-state index contributed by atoms with van der Waals surface area (Å²) in [4.78, 5) is 4.22. The van der Waals surface area contributed by atoms with Gasteiger partial charge in [0.15, 0.2) is 11.6 Å². The topological polar surface area (TPSA) is 105 Å². The molecule has 3 aromatic rings. The van der Waals surface area contributed by atoms with Crippen LogP contribution in [-0.2, 0) is 9.47 Å². The molecule has 0 spiro atoms. The van der Waals surface area contributed by atoms with Crippen molar-refractivity contribution in [2.45, 2.75) is 37.4 Å². The van der Waals surface area contributed by atoms with Gasteiger partial charge in [0.1, 0.15) is 24.1 Å². The first-order valence-electron chi connectivity index (χ1n) is 10.4. The Bertz CT molecular complexity index is 1210. The number of aromatic nitrogens is 3. The van der Waals surface area contributed by atoms with Crippen LogP contribution in [0, 0.1) is 5.82 Å². The van der Waals surface area contributed by atoms with E-state index in [1.807, 2.05) is 0 Å². The molecule has 4 atom stereocenters. The van der Waals surface area contributed by atoms with E-state index >= 15 is 0 Å². The van der Waals surface area contributed by atoms with Gasteiger partial charge >= 0.3 is 0 Å². The molecular formula is C22H21Cl2FN4O4. The van der Waals surface area contributed by atoms with Gasteiger partial charge in [0.25, 0.3) is 0 Å². The number of hydrogen-bond acceptors (Lipinski definition) is 7. The zero-order chi connectivity index (χ0) is 23.3. The number of aliphatic hydroxyl groups is 1. The van der Waals surface area contributed by atoms with Gasteiger partial charge in [0, 0.05) is 40.5 Å². The normalized spacial score (nSPS) is 25.2. The van der Waals surface area contributed by atoms with Gasteiger partial charge in [0.05, 0.1) is 24.4 Å². The van der Waals surface area contributed by atoms with Gasteiger partial charge in [-0.3, -0.25) is 4.68 Å². The average molecular weight is 495 g/mol. The molecule has 2 aliphatic heterocycles. The molecular weight excluding hydrogens is 474 g/mol. The maximum atomic E-state index is 13.9. The molecule has 2 fully saturated rings. The summed E-state index contributed by atoms with van der Waals surface area (Å²) in [6.07, 6.45) is 4.59. The molecule has 0 amide bonds. The Hall–Kier alpha value is -2.43. The van der Waals surface area contributed by atoms with Crippen LogP contribution in [0.2, 0.25) is 10.0 Å². The van der Waals surface area contributed by atoms with Gasteiger partial charge in [-0.2, -0.15) is 5.10 Å². The Labute approximate surface area is 199 Å². The molecule has 0 aliphatic carbocycles. The fourth-order valence-electron chi connectivity index (χ4n) is 4.27. The highest BCUT2D eigenvalue weighted by atomic mass is 35.5. The standard InChI is InChI=1S/C22H21Cl2FN4O4/c1-11(19-14(23)2-3-15(25)20(19)24)33-16-6-12(7-27-21(16)26)13-8-28-29(9-13)17-10-31-18-4-5-32-22(17,18)30/h2-3,6-9,11,17-18,30H,4-5,10H2,1H3,(H2,26,27)/t11?,17?,18?,22-/m1/s1. The van der Waals surface area contributed by atoms with Crippen molar-refractivity contribution in [3.8, 4) is 16.9 Å². The zero-order valence-corrected chi connectivity index (χ0v) is 19.1. The fraction of sp³-hybridized carbons (Fsp3) is 0.364. The predicted molar refractivity (Wildman–Crippen MR) is 120 cm³/mol. The molecule has 4 heterocycles. The van der Waals surface area contributed by atoms with E-state index in [9.17, 15) is 9.50 Å². The van der Waals surface area contributed by atoms with Gasteiger partial charge in [0.2, 0.25) is 5.79 Å². The van der Waals surface area contributed by atoms with Crippen LogP contribution in [0.1, 0.15) is 31.1 Å². The average Bonchev–Trinajstić information content (AvgIpc) is 3.47. The van der Waals surface area contributed by atoms with Gasteiger partial charge < -0.3 is 25.1 Å². The van der Waals surface area contributed by atoms with Crippen molar-refractivity contribution in [3.05, 3.63) is 58.2 Å². The molecule has 3 N–H and O–H groups in total. The zero-order valence-electron chi connectivity index (χ0n) is 17.5. The quantitative estimate of drug-likeness (QED) is 0.513. The minimum Gasteiger partial charge on any atom is -0.482 e. The van der Waals surface area contributed by atoms with Crippen molar-refractivity contribution in [2.24, 2.45) is 0 Å². The molecule has 174 valence electrons. The van der Waals surface area contributed by atoms with Gasteiger partial charge in [-0.1, -0.05) is 23.2 Å². The molecule has 0 saturated carbocycles. The second-order valence-corrected chi connectivity index (χ2v) is 8.85. The number of benzene rings is 1. The van der Waals surface area contributed by atoms with Gasteiger partial charge in [-0.25, -0.2) is 9.37 Å². The Kier molecular flexibility index (Phi) is 5.70. The maximum absolute atomic E-state index is 13.9. The third-order valence-electron chi connectivity index (χ3n) is 6.03. The number of hydrogen-bond donors (Lipinski definition) is 2. The molecule has 0 bridgehead atoms. The summed E-state index contributed by atoms with van der Waals surface area (Å²) >= 11 is 12.3. The number of anilines is 1. The number of pyridine rings is 1.